The van der Waals surface area contributed by atoms with Crippen LogP contribution >= 0.6 is 0 Å². The molecule has 1 heteroatoms. The molecule has 1 unspecified atom stereocenters. The molecule has 0 N–H and O–H groups in total. The fraction of sp³-hybridized carbons (Fsp3) is 0.667. The Kier molecular flexibility index (Phi) is 7.81. The summed E-state index contributed by atoms with van der Waals surface area (Å²) in [7, 11) is 1.83. The summed E-state index contributed by atoms with van der Waals surface area (Å²) in [4.78, 5) is 0. The Labute approximate surface area is 119 Å². The minimum Gasteiger partial charge on any atom is -0.374 e. The largest absolute Gasteiger partial charge is 0.374 e. The van der Waals surface area contributed by atoms with Gasteiger partial charge in [-0.15, -0.1) is 0 Å². The van der Waals surface area contributed by atoms with Crippen molar-refractivity contribution in [2.24, 2.45) is 0 Å². The van der Waals surface area contributed by atoms with Crippen LogP contribution in [0.1, 0.15) is 70.8 Å². The number of hydrogen-bond acceptors (Lipinski definition) is 1. The van der Waals surface area contributed by atoms with Gasteiger partial charge in [0.1, 0.15) is 0 Å². The van der Waals surface area contributed by atoms with Gasteiger partial charge in [0.2, 0.25) is 0 Å². The zero-order chi connectivity index (χ0) is 14.0. The van der Waals surface area contributed by atoms with Crippen LogP contribution in [0.15, 0.2) is 30.3 Å². The van der Waals surface area contributed by atoms with Crippen molar-refractivity contribution >= 4 is 0 Å². The number of benzene rings is 1. The van der Waals surface area contributed by atoms with Gasteiger partial charge in [-0.05, 0) is 18.9 Å². The molecule has 0 amide bonds. The molecule has 1 nitrogen and oxygen atoms in total. The second-order valence-corrected chi connectivity index (χ2v) is 5.67. The third kappa shape index (κ3) is 5.78. The molecule has 1 rings (SSSR count). The molecule has 19 heavy (non-hydrogen) atoms. The van der Waals surface area contributed by atoms with E-state index < -0.39 is 0 Å². The lowest BCUT2D eigenvalue weighted by atomic mass is 9.89. The topological polar surface area (TPSA) is 9.23 Å². The van der Waals surface area contributed by atoms with Gasteiger partial charge in [-0.25, -0.2) is 0 Å². The third-order valence-electron chi connectivity index (χ3n) is 4.09. The molecule has 0 heterocycles. The summed E-state index contributed by atoms with van der Waals surface area (Å²) in [5, 5.41) is 0. The maximum absolute atomic E-state index is 5.77. The van der Waals surface area contributed by atoms with Gasteiger partial charge in [-0.3, -0.25) is 0 Å². The molecule has 0 saturated carbocycles. The molecule has 108 valence electrons. The number of ether oxygens (including phenoxy) is 1. The van der Waals surface area contributed by atoms with E-state index in [2.05, 4.69) is 44.2 Å². The Balaban J connectivity index is 2.29. The molecule has 0 bridgehead atoms. The number of methoxy groups -OCH3 is 1. The minimum absolute atomic E-state index is 0.120. The molecule has 0 spiro atoms. The van der Waals surface area contributed by atoms with E-state index in [9.17, 15) is 0 Å². The Morgan fingerprint density at radius 3 is 2.05 bits per heavy atom. The number of hydrogen-bond donors (Lipinski definition) is 0. The summed E-state index contributed by atoms with van der Waals surface area (Å²) < 4.78 is 5.77. The summed E-state index contributed by atoms with van der Waals surface area (Å²) in [6.45, 7) is 4.48. The summed E-state index contributed by atoms with van der Waals surface area (Å²) in [6, 6.07) is 10.6. The maximum Gasteiger partial charge on any atom is 0.0899 e. The second kappa shape index (κ2) is 9.14. The highest BCUT2D eigenvalue weighted by Gasteiger charge is 2.24. The van der Waals surface area contributed by atoms with Crippen molar-refractivity contribution in [1.29, 1.82) is 0 Å². The lowest BCUT2D eigenvalue weighted by Gasteiger charge is -2.28. The molecule has 0 aliphatic heterocycles. The first-order valence-electron chi connectivity index (χ1n) is 7.83. The second-order valence-electron chi connectivity index (χ2n) is 5.67. The van der Waals surface area contributed by atoms with Crippen LogP contribution in [0.5, 0.6) is 0 Å². The van der Waals surface area contributed by atoms with Crippen molar-refractivity contribution in [3.8, 4) is 0 Å². The monoisotopic (exact) mass is 262 g/mol. The minimum atomic E-state index is -0.120. The lowest BCUT2D eigenvalue weighted by molar-refractivity contribution is -0.00761. The van der Waals surface area contributed by atoms with E-state index >= 15 is 0 Å². The third-order valence-corrected chi connectivity index (χ3v) is 4.09. The fourth-order valence-electron chi connectivity index (χ4n) is 2.57. The fourth-order valence-corrected chi connectivity index (χ4v) is 2.57. The van der Waals surface area contributed by atoms with Crippen LogP contribution in [-0.4, -0.2) is 7.11 Å². The highest BCUT2D eigenvalue weighted by molar-refractivity contribution is 5.21. The number of rotatable bonds is 10. The van der Waals surface area contributed by atoms with Gasteiger partial charge >= 0.3 is 0 Å². The van der Waals surface area contributed by atoms with E-state index in [0.29, 0.717) is 0 Å². The van der Waals surface area contributed by atoms with E-state index in [-0.39, 0.29) is 5.60 Å². The van der Waals surface area contributed by atoms with Gasteiger partial charge < -0.3 is 4.74 Å². The smallest absolute Gasteiger partial charge is 0.0899 e. The summed E-state index contributed by atoms with van der Waals surface area (Å²) in [5.41, 5.74) is 1.17. The van der Waals surface area contributed by atoms with Crippen LogP contribution in [0.3, 0.4) is 0 Å². The quantitative estimate of drug-likeness (QED) is 0.492. The van der Waals surface area contributed by atoms with E-state index in [1.54, 1.807) is 0 Å². The average Bonchev–Trinajstić information content (AvgIpc) is 2.47. The van der Waals surface area contributed by atoms with E-state index in [1.165, 1.54) is 50.5 Å². The van der Waals surface area contributed by atoms with Crippen molar-refractivity contribution in [3.05, 3.63) is 35.9 Å². The van der Waals surface area contributed by atoms with Gasteiger partial charge in [-0.1, -0.05) is 82.2 Å². The molecule has 0 aliphatic rings. The van der Waals surface area contributed by atoms with Crippen LogP contribution < -0.4 is 0 Å². The van der Waals surface area contributed by atoms with Crippen LogP contribution in [0.2, 0.25) is 0 Å². The Morgan fingerprint density at radius 2 is 1.47 bits per heavy atom. The zero-order valence-electron chi connectivity index (χ0n) is 13.0. The predicted molar refractivity (Wildman–Crippen MR) is 83.4 cm³/mol. The van der Waals surface area contributed by atoms with E-state index in [1.807, 2.05) is 7.11 Å². The average molecular weight is 262 g/mol. The standard InChI is InChI=1S/C18H30O/c1-4-5-6-7-8-9-13-16-18(2,19-3)17-14-11-10-12-15-17/h10-12,14-15H,4-9,13,16H2,1-3H3. The molecule has 0 fully saturated rings. The van der Waals surface area contributed by atoms with Crippen molar-refractivity contribution in [1.82, 2.24) is 0 Å². The predicted octanol–water partition coefficient (Wildman–Crippen LogP) is 5.69. The van der Waals surface area contributed by atoms with Crippen molar-refractivity contribution in [2.75, 3.05) is 7.11 Å². The molecule has 0 aromatic heterocycles. The molecule has 1 atom stereocenters. The summed E-state index contributed by atoms with van der Waals surface area (Å²) in [6.07, 6.45) is 10.6. The Hall–Kier alpha value is -0.820. The van der Waals surface area contributed by atoms with Crippen LogP contribution in [0, 0.1) is 0 Å². The van der Waals surface area contributed by atoms with Crippen LogP contribution in [0.4, 0.5) is 0 Å². The van der Waals surface area contributed by atoms with E-state index in [0.717, 1.165) is 6.42 Å². The first-order chi connectivity index (χ1) is 9.23. The Morgan fingerprint density at radius 1 is 0.895 bits per heavy atom. The van der Waals surface area contributed by atoms with Crippen LogP contribution in [0.25, 0.3) is 0 Å². The zero-order valence-corrected chi connectivity index (χ0v) is 13.0. The molecular formula is C18H30O. The highest BCUT2D eigenvalue weighted by Crippen LogP contribution is 2.30. The van der Waals surface area contributed by atoms with Gasteiger partial charge in [0, 0.05) is 7.11 Å². The molecular weight excluding hydrogens is 232 g/mol. The Bertz CT molecular complexity index is 320. The van der Waals surface area contributed by atoms with Gasteiger partial charge in [-0.2, -0.15) is 0 Å². The maximum atomic E-state index is 5.77. The van der Waals surface area contributed by atoms with Crippen LogP contribution in [-0.2, 0) is 10.3 Å². The van der Waals surface area contributed by atoms with Crippen molar-refractivity contribution in [3.63, 3.8) is 0 Å². The molecule has 1 aromatic carbocycles. The first kappa shape index (κ1) is 16.2. The first-order valence-corrected chi connectivity index (χ1v) is 7.83. The SMILES string of the molecule is CCCCCCCCCC(C)(OC)c1ccccc1. The highest BCUT2D eigenvalue weighted by atomic mass is 16.5. The van der Waals surface area contributed by atoms with Gasteiger partial charge in [0.05, 0.1) is 5.60 Å². The van der Waals surface area contributed by atoms with Gasteiger partial charge in [0.15, 0.2) is 0 Å². The summed E-state index contributed by atoms with van der Waals surface area (Å²) >= 11 is 0. The van der Waals surface area contributed by atoms with E-state index in [4.69, 9.17) is 4.74 Å². The number of unbranched alkanes of at least 4 members (excludes halogenated alkanes) is 6. The normalized spacial score (nSPS) is 14.3. The molecule has 1 aromatic rings. The molecule has 0 radical (unpaired) electrons. The van der Waals surface area contributed by atoms with Gasteiger partial charge in [0.25, 0.3) is 0 Å². The molecule has 0 aliphatic carbocycles. The van der Waals surface area contributed by atoms with Crippen molar-refractivity contribution in [2.45, 2.75) is 70.8 Å². The molecule has 0 saturated heterocycles. The lowest BCUT2D eigenvalue weighted by Crippen LogP contribution is -2.24. The summed E-state index contributed by atoms with van der Waals surface area (Å²) in [5.74, 6) is 0. The van der Waals surface area contributed by atoms with Crippen molar-refractivity contribution < 1.29 is 4.74 Å².